The van der Waals surface area contributed by atoms with Crippen molar-refractivity contribution in [3.05, 3.63) is 64.7 Å². The molecule has 0 spiro atoms. The lowest BCUT2D eigenvalue weighted by molar-refractivity contribution is 0.0827. The number of hydrogen-bond acceptors (Lipinski definition) is 2. The molecule has 130 valence electrons. The summed E-state index contributed by atoms with van der Waals surface area (Å²) in [4.78, 5) is 27.8. The summed E-state index contributed by atoms with van der Waals surface area (Å²) < 4.78 is 26.8. The monoisotopic (exact) mass is 344 g/mol. The van der Waals surface area contributed by atoms with Gasteiger partial charge < -0.3 is 9.80 Å². The van der Waals surface area contributed by atoms with Gasteiger partial charge in [-0.25, -0.2) is 8.78 Å². The van der Waals surface area contributed by atoms with E-state index in [9.17, 15) is 18.4 Å². The molecular weight excluding hydrogens is 326 g/mol. The molecule has 1 aliphatic rings. The molecule has 1 aliphatic heterocycles. The number of aryl methyl sites for hydroxylation is 1. The van der Waals surface area contributed by atoms with Gasteiger partial charge in [0.1, 0.15) is 11.6 Å². The number of rotatable bonds is 2. The molecule has 25 heavy (non-hydrogen) atoms. The number of amides is 2. The Bertz CT molecular complexity index is 829. The average molecular weight is 344 g/mol. The lowest BCUT2D eigenvalue weighted by atomic mass is 9.98. The van der Waals surface area contributed by atoms with Gasteiger partial charge in [0, 0.05) is 43.5 Å². The van der Waals surface area contributed by atoms with E-state index in [1.165, 1.54) is 9.80 Å². The highest BCUT2D eigenvalue weighted by atomic mass is 19.1. The smallest absolute Gasteiger partial charge is 0.258 e. The molecule has 1 heterocycles. The lowest BCUT2D eigenvalue weighted by Gasteiger charge is -2.30. The van der Waals surface area contributed by atoms with E-state index in [1.54, 1.807) is 32.3 Å². The van der Waals surface area contributed by atoms with Crippen LogP contribution in [0.3, 0.4) is 0 Å². The fourth-order valence-corrected chi connectivity index (χ4v) is 3.03. The van der Waals surface area contributed by atoms with E-state index < -0.39 is 17.5 Å². The predicted molar refractivity (Wildman–Crippen MR) is 90.8 cm³/mol. The van der Waals surface area contributed by atoms with Crippen LogP contribution in [-0.2, 0) is 6.42 Å². The minimum absolute atomic E-state index is 0.0289. The molecular formula is C19H18F2N2O2. The number of nitrogens with zero attached hydrogens (tertiary/aromatic N) is 2. The van der Waals surface area contributed by atoms with Gasteiger partial charge in [0.05, 0.1) is 0 Å². The highest BCUT2D eigenvalue weighted by molar-refractivity contribution is 6.07. The Balaban J connectivity index is 1.96. The molecule has 0 N–H and O–H groups in total. The van der Waals surface area contributed by atoms with Crippen molar-refractivity contribution in [3.8, 4) is 0 Å². The zero-order valence-electron chi connectivity index (χ0n) is 14.1. The Kier molecular flexibility index (Phi) is 4.53. The summed E-state index contributed by atoms with van der Waals surface area (Å²) in [6.07, 6.45) is 1.46. The van der Waals surface area contributed by atoms with Crippen LogP contribution in [0.25, 0.3) is 0 Å². The summed E-state index contributed by atoms with van der Waals surface area (Å²) in [5, 5.41) is 0. The number of carbonyl (C=O) groups is 2. The SMILES string of the molecule is CN(C)C(=O)c1ccc2c(c1)CCCN2C(=O)c1cc(F)cc(F)c1. The number of benzene rings is 2. The van der Waals surface area contributed by atoms with Crippen molar-refractivity contribution in [2.75, 3.05) is 25.5 Å². The first kappa shape index (κ1) is 17.1. The molecule has 4 nitrogen and oxygen atoms in total. The van der Waals surface area contributed by atoms with Crippen LogP contribution in [0.15, 0.2) is 36.4 Å². The van der Waals surface area contributed by atoms with E-state index >= 15 is 0 Å². The fraction of sp³-hybridized carbons (Fsp3) is 0.263. The maximum Gasteiger partial charge on any atom is 0.258 e. The van der Waals surface area contributed by atoms with Crippen LogP contribution in [0.1, 0.15) is 32.7 Å². The van der Waals surface area contributed by atoms with Gasteiger partial charge in [-0.2, -0.15) is 0 Å². The first-order chi connectivity index (χ1) is 11.9. The van der Waals surface area contributed by atoms with Crippen molar-refractivity contribution in [2.45, 2.75) is 12.8 Å². The summed E-state index contributed by atoms with van der Waals surface area (Å²) >= 11 is 0. The number of anilines is 1. The molecule has 6 heteroatoms. The summed E-state index contributed by atoms with van der Waals surface area (Å²) in [7, 11) is 3.35. The summed E-state index contributed by atoms with van der Waals surface area (Å²) in [6, 6.07) is 7.97. The fourth-order valence-electron chi connectivity index (χ4n) is 3.03. The molecule has 0 atom stereocenters. The first-order valence-corrected chi connectivity index (χ1v) is 7.99. The zero-order chi connectivity index (χ0) is 18.1. The predicted octanol–water partition coefficient (Wildman–Crippen LogP) is 3.26. The van der Waals surface area contributed by atoms with Crippen molar-refractivity contribution in [1.29, 1.82) is 0 Å². The Morgan fingerprint density at radius 2 is 1.68 bits per heavy atom. The highest BCUT2D eigenvalue weighted by Gasteiger charge is 2.25. The first-order valence-electron chi connectivity index (χ1n) is 7.99. The highest BCUT2D eigenvalue weighted by Crippen LogP contribution is 2.30. The standard InChI is InChI=1S/C19H18F2N2O2/c1-22(2)18(24)13-5-6-17-12(8-13)4-3-7-23(17)19(25)14-9-15(20)11-16(21)10-14/h5-6,8-11H,3-4,7H2,1-2H3. The van der Waals surface area contributed by atoms with Gasteiger partial charge in [-0.1, -0.05) is 0 Å². The Labute approximate surface area is 144 Å². The average Bonchev–Trinajstić information content (AvgIpc) is 2.58. The van der Waals surface area contributed by atoms with Gasteiger partial charge in [-0.3, -0.25) is 9.59 Å². The minimum Gasteiger partial charge on any atom is -0.345 e. The second kappa shape index (κ2) is 6.63. The zero-order valence-corrected chi connectivity index (χ0v) is 14.1. The quantitative estimate of drug-likeness (QED) is 0.839. The van der Waals surface area contributed by atoms with Crippen molar-refractivity contribution < 1.29 is 18.4 Å². The molecule has 2 aromatic carbocycles. The molecule has 0 aliphatic carbocycles. The maximum absolute atomic E-state index is 13.4. The molecule has 2 amide bonds. The van der Waals surface area contributed by atoms with Crippen molar-refractivity contribution >= 4 is 17.5 Å². The Hall–Kier alpha value is -2.76. The van der Waals surface area contributed by atoms with Gasteiger partial charge in [0.25, 0.3) is 11.8 Å². The number of hydrogen-bond donors (Lipinski definition) is 0. The summed E-state index contributed by atoms with van der Waals surface area (Å²) in [6.45, 7) is 0.463. The number of fused-ring (bicyclic) bond motifs is 1. The normalized spacial score (nSPS) is 13.4. The van der Waals surface area contributed by atoms with Gasteiger partial charge in [-0.15, -0.1) is 0 Å². The van der Waals surface area contributed by atoms with E-state index in [4.69, 9.17) is 0 Å². The van der Waals surface area contributed by atoms with E-state index in [1.807, 2.05) is 0 Å². The second-order valence-electron chi connectivity index (χ2n) is 6.26. The van der Waals surface area contributed by atoms with Gasteiger partial charge in [0.15, 0.2) is 0 Å². The topological polar surface area (TPSA) is 40.6 Å². The molecule has 0 unspecified atom stereocenters. The lowest BCUT2D eigenvalue weighted by Crippen LogP contribution is -2.35. The van der Waals surface area contributed by atoms with Crippen LogP contribution in [-0.4, -0.2) is 37.4 Å². The molecule has 0 fully saturated rings. The number of carbonyl (C=O) groups excluding carboxylic acids is 2. The molecule has 3 rings (SSSR count). The van der Waals surface area contributed by atoms with Gasteiger partial charge >= 0.3 is 0 Å². The van der Waals surface area contributed by atoms with E-state index in [-0.39, 0.29) is 11.5 Å². The maximum atomic E-state index is 13.4. The molecule has 2 aromatic rings. The molecule has 0 bridgehead atoms. The van der Waals surface area contributed by atoms with Gasteiger partial charge in [-0.05, 0) is 48.7 Å². The third kappa shape index (κ3) is 3.38. The van der Waals surface area contributed by atoms with Crippen LogP contribution < -0.4 is 4.90 Å². The number of halogens is 2. The minimum atomic E-state index is -0.785. The Morgan fingerprint density at radius 1 is 1.00 bits per heavy atom. The summed E-state index contributed by atoms with van der Waals surface area (Å²) in [5.74, 6) is -2.13. The van der Waals surface area contributed by atoms with Crippen molar-refractivity contribution in [2.24, 2.45) is 0 Å². The molecule has 0 radical (unpaired) electrons. The third-order valence-electron chi connectivity index (χ3n) is 4.21. The molecule has 0 saturated carbocycles. The van der Waals surface area contributed by atoms with E-state index in [0.29, 0.717) is 17.8 Å². The van der Waals surface area contributed by atoms with Gasteiger partial charge in [0.2, 0.25) is 0 Å². The van der Waals surface area contributed by atoms with Crippen LogP contribution in [0, 0.1) is 11.6 Å². The van der Waals surface area contributed by atoms with E-state index in [2.05, 4.69) is 0 Å². The second-order valence-corrected chi connectivity index (χ2v) is 6.26. The third-order valence-corrected chi connectivity index (χ3v) is 4.21. The van der Waals surface area contributed by atoms with Crippen LogP contribution in [0.2, 0.25) is 0 Å². The van der Waals surface area contributed by atoms with Crippen molar-refractivity contribution in [3.63, 3.8) is 0 Å². The van der Waals surface area contributed by atoms with E-state index in [0.717, 1.165) is 36.6 Å². The molecule has 0 aromatic heterocycles. The Morgan fingerprint density at radius 3 is 2.32 bits per heavy atom. The van der Waals surface area contributed by atoms with Crippen LogP contribution in [0.5, 0.6) is 0 Å². The van der Waals surface area contributed by atoms with Crippen molar-refractivity contribution in [1.82, 2.24) is 4.90 Å². The van der Waals surface area contributed by atoms with Crippen LogP contribution >= 0.6 is 0 Å². The largest absolute Gasteiger partial charge is 0.345 e. The van der Waals surface area contributed by atoms with Crippen LogP contribution in [0.4, 0.5) is 14.5 Å². The summed E-state index contributed by atoms with van der Waals surface area (Å²) in [5.41, 5.74) is 2.08. The molecule has 0 saturated heterocycles.